The molecule has 3 rings (SSSR count). The van der Waals surface area contributed by atoms with E-state index in [1.807, 2.05) is 24.3 Å². The van der Waals surface area contributed by atoms with E-state index < -0.39 is 0 Å². The molecule has 1 N–H and O–H groups in total. The summed E-state index contributed by atoms with van der Waals surface area (Å²) in [5.41, 5.74) is 4.13. The van der Waals surface area contributed by atoms with Crippen LogP contribution in [0.25, 0.3) is 11.6 Å². The Bertz CT molecular complexity index is 700. The van der Waals surface area contributed by atoms with Gasteiger partial charge >= 0.3 is 0 Å². The fourth-order valence-electron chi connectivity index (χ4n) is 1.92. The van der Waals surface area contributed by atoms with Crippen LogP contribution in [-0.2, 0) is 0 Å². The summed E-state index contributed by atoms with van der Waals surface area (Å²) in [5.74, 6) is 0.534. The summed E-state index contributed by atoms with van der Waals surface area (Å²) in [6, 6.07) is 14.1. The molecule has 5 nitrogen and oxygen atoms in total. The van der Waals surface area contributed by atoms with Crippen molar-refractivity contribution in [1.82, 2.24) is 25.6 Å². The molecule has 0 bridgehead atoms. The first-order valence-electron chi connectivity index (χ1n) is 6.26. The number of H-pyrrole nitrogens is 1. The van der Waals surface area contributed by atoms with Gasteiger partial charge in [-0.25, -0.2) is 0 Å². The van der Waals surface area contributed by atoms with Crippen LogP contribution in [0, 0.1) is 6.92 Å². The fourth-order valence-corrected chi connectivity index (χ4v) is 1.92. The quantitative estimate of drug-likeness (QED) is 0.788. The molecule has 0 unspecified atom stereocenters. The summed E-state index contributed by atoms with van der Waals surface area (Å²) in [6.07, 6.45) is 3.64. The zero-order chi connectivity index (χ0) is 13.8. The molecule has 5 heteroatoms. The standard InChI is InChI=1S/C15H13N5/c1-11-5-7-12(8-6-11)13(10-15-17-19-20-18-15)14-4-2-3-9-16-14/h2-10H,1H3,(H,17,18,19,20). The first-order valence-corrected chi connectivity index (χ1v) is 6.26. The van der Waals surface area contributed by atoms with Crippen molar-refractivity contribution in [2.75, 3.05) is 0 Å². The van der Waals surface area contributed by atoms with Crippen molar-refractivity contribution >= 4 is 11.6 Å². The minimum Gasteiger partial charge on any atom is -0.256 e. The van der Waals surface area contributed by atoms with Crippen molar-refractivity contribution in [3.63, 3.8) is 0 Å². The maximum Gasteiger partial charge on any atom is 0.198 e. The Morgan fingerprint density at radius 1 is 1.10 bits per heavy atom. The van der Waals surface area contributed by atoms with Crippen LogP contribution < -0.4 is 0 Å². The number of aryl methyl sites for hydroxylation is 1. The minimum absolute atomic E-state index is 0.534. The van der Waals surface area contributed by atoms with E-state index in [0.29, 0.717) is 5.82 Å². The third-order valence-electron chi connectivity index (χ3n) is 2.94. The van der Waals surface area contributed by atoms with Gasteiger partial charge in [-0.1, -0.05) is 35.9 Å². The maximum atomic E-state index is 4.40. The van der Waals surface area contributed by atoms with E-state index in [9.17, 15) is 0 Å². The number of hydrogen-bond donors (Lipinski definition) is 1. The molecule has 0 radical (unpaired) electrons. The number of aromatic nitrogens is 5. The molecular weight excluding hydrogens is 250 g/mol. The molecule has 20 heavy (non-hydrogen) atoms. The van der Waals surface area contributed by atoms with E-state index in [1.54, 1.807) is 6.20 Å². The Morgan fingerprint density at radius 3 is 2.60 bits per heavy atom. The molecule has 1 aromatic carbocycles. The normalized spacial score (nSPS) is 11.6. The predicted octanol–water partition coefficient (Wildman–Crippen LogP) is 2.49. The zero-order valence-electron chi connectivity index (χ0n) is 11.0. The highest BCUT2D eigenvalue weighted by molar-refractivity contribution is 5.88. The summed E-state index contributed by atoms with van der Waals surface area (Å²) in [5, 5.41) is 14.0. The molecule has 0 aliphatic rings. The summed E-state index contributed by atoms with van der Waals surface area (Å²) in [6.45, 7) is 2.06. The molecule has 0 atom stereocenters. The Labute approximate surface area is 116 Å². The van der Waals surface area contributed by atoms with Crippen LogP contribution in [-0.4, -0.2) is 25.6 Å². The van der Waals surface area contributed by atoms with Crippen molar-refractivity contribution in [2.24, 2.45) is 0 Å². The molecule has 0 fully saturated rings. The molecular formula is C15H13N5. The van der Waals surface area contributed by atoms with Gasteiger partial charge in [0, 0.05) is 11.8 Å². The van der Waals surface area contributed by atoms with E-state index in [0.717, 1.165) is 16.8 Å². The largest absolute Gasteiger partial charge is 0.256 e. The number of rotatable bonds is 3. The highest BCUT2D eigenvalue weighted by atomic mass is 15.5. The highest BCUT2D eigenvalue weighted by Gasteiger charge is 2.07. The third-order valence-corrected chi connectivity index (χ3v) is 2.94. The maximum absolute atomic E-state index is 4.40. The molecule has 2 aromatic heterocycles. The predicted molar refractivity (Wildman–Crippen MR) is 76.6 cm³/mol. The minimum atomic E-state index is 0.534. The lowest BCUT2D eigenvalue weighted by atomic mass is 10.0. The van der Waals surface area contributed by atoms with E-state index in [1.165, 1.54) is 5.56 Å². The lowest BCUT2D eigenvalue weighted by Gasteiger charge is -2.07. The SMILES string of the molecule is Cc1ccc(C(=Cc2nn[nH]n2)c2ccccn2)cc1. The van der Waals surface area contributed by atoms with Gasteiger partial charge in [0.1, 0.15) is 0 Å². The fraction of sp³-hybridized carbons (Fsp3) is 0.0667. The second kappa shape index (κ2) is 5.44. The summed E-state index contributed by atoms with van der Waals surface area (Å²) in [4.78, 5) is 4.40. The topological polar surface area (TPSA) is 67.3 Å². The summed E-state index contributed by atoms with van der Waals surface area (Å²) < 4.78 is 0. The van der Waals surface area contributed by atoms with Gasteiger partial charge in [0.05, 0.1) is 5.69 Å². The molecule has 0 aliphatic heterocycles. The number of pyridine rings is 1. The third kappa shape index (κ3) is 2.61. The zero-order valence-corrected chi connectivity index (χ0v) is 11.0. The number of nitrogens with zero attached hydrogens (tertiary/aromatic N) is 4. The Morgan fingerprint density at radius 2 is 1.95 bits per heavy atom. The van der Waals surface area contributed by atoms with E-state index in [4.69, 9.17) is 0 Å². The average molecular weight is 263 g/mol. The number of benzene rings is 1. The molecule has 0 spiro atoms. The van der Waals surface area contributed by atoms with Gasteiger partial charge in [-0.2, -0.15) is 5.21 Å². The smallest absolute Gasteiger partial charge is 0.198 e. The van der Waals surface area contributed by atoms with Gasteiger partial charge in [0.25, 0.3) is 0 Å². The van der Waals surface area contributed by atoms with Crippen LogP contribution in [0.15, 0.2) is 48.7 Å². The molecule has 0 saturated heterocycles. The van der Waals surface area contributed by atoms with Gasteiger partial charge in [-0.05, 0) is 35.9 Å². The first-order chi connectivity index (χ1) is 9.83. The molecule has 98 valence electrons. The molecule has 3 aromatic rings. The second-order valence-corrected chi connectivity index (χ2v) is 4.41. The lowest BCUT2D eigenvalue weighted by Crippen LogP contribution is -1.92. The monoisotopic (exact) mass is 263 g/mol. The number of aromatic amines is 1. The number of nitrogens with one attached hydrogen (secondary N) is 1. The Hall–Kier alpha value is -2.82. The van der Waals surface area contributed by atoms with Crippen LogP contribution >= 0.6 is 0 Å². The summed E-state index contributed by atoms with van der Waals surface area (Å²) in [7, 11) is 0. The van der Waals surface area contributed by atoms with Crippen LogP contribution in [0.2, 0.25) is 0 Å². The summed E-state index contributed by atoms with van der Waals surface area (Å²) >= 11 is 0. The van der Waals surface area contributed by atoms with Gasteiger partial charge in [0.15, 0.2) is 5.82 Å². The Balaban J connectivity index is 2.11. The number of hydrogen-bond acceptors (Lipinski definition) is 4. The molecule has 0 amide bonds. The highest BCUT2D eigenvalue weighted by Crippen LogP contribution is 2.23. The van der Waals surface area contributed by atoms with Gasteiger partial charge < -0.3 is 0 Å². The second-order valence-electron chi connectivity index (χ2n) is 4.41. The Kier molecular flexibility index (Phi) is 3.33. The van der Waals surface area contributed by atoms with Crippen molar-refractivity contribution in [2.45, 2.75) is 6.92 Å². The molecule has 0 saturated carbocycles. The van der Waals surface area contributed by atoms with Crippen molar-refractivity contribution < 1.29 is 0 Å². The van der Waals surface area contributed by atoms with Crippen molar-refractivity contribution in [3.05, 3.63) is 71.3 Å². The number of tetrazole rings is 1. The van der Waals surface area contributed by atoms with E-state index >= 15 is 0 Å². The van der Waals surface area contributed by atoms with Crippen LogP contribution in [0.5, 0.6) is 0 Å². The van der Waals surface area contributed by atoms with Crippen LogP contribution in [0.4, 0.5) is 0 Å². The first kappa shape index (κ1) is 12.2. The lowest BCUT2D eigenvalue weighted by molar-refractivity contribution is 0.881. The van der Waals surface area contributed by atoms with Crippen LogP contribution in [0.1, 0.15) is 22.6 Å². The van der Waals surface area contributed by atoms with Gasteiger partial charge in [0.2, 0.25) is 0 Å². The van der Waals surface area contributed by atoms with Crippen molar-refractivity contribution in [3.8, 4) is 0 Å². The average Bonchev–Trinajstić information content (AvgIpc) is 3.00. The van der Waals surface area contributed by atoms with Crippen molar-refractivity contribution in [1.29, 1.82) is 0 Å². The van der Waals surface area contributed by atoms with Crippen LogP contribution in [0.3, 0.4) is 0 Å². The van der Waals surface area contributed by atoms with E-state index in [-0.39, 0.29) is 0 Å². The molecule has 2 heterocycles. The van der Waals surface area contributed by atoms with Gasteiger partial charge in [-0.15, -0.1) is 10.2 Å². The molecule has 0 aliphatic carbocycles. The van der Waals surface area contributed by atoms with E-state index in [2.05, 4.69) is 56.8 Å². The van der Waals surface area contributed by atoms with Gasteiger partial charge in [-0.3, -0.25) is 4.98 Å².